The predicted octanol–water partition coefficient (Wildman–Crippen LogP) is 2.86. The molecule has 0 fully saturated rings. The molecule has 20 heavy (non-hydrogen) atoms. The van der Waals surface area contributed by atoms with Crippen molar-refractivity contribution >= 4 is 22.7 Å². The molecule has 0 heterocycles. The minimum absolute atomic E-state index is 0.407. The van der Waals surface area contributed by atoms with Gasteiger partial charge in [0.25, 0.3) is 0 Å². The van der Waals surface area contributed by atoms with Gasteiger partial charge in [0.2, 0.25) is 0 Å². The normalized spacial score (nSPS) is 10.7. The third-order valence-electron chi connectivity index (χ3n) is 2.59. The molecular formula is C16H14O4. The smallest absolute Gasteiger partial charge is 0.349 e. The average Bonchev–Trinajstić information content (AvgIpc) is 2.45. The highest BCUT2D eigenvalue weighted by Gasteiger charge is 2.08. The number of rotatable bonds is 4. The second-order valence-corrected chi connectivity index (χ2v) is 4.09. The fourth-order valence-corrected chi connectivity index (χ4v) is 1.71. The molecule has 2 aromatic rings. The molecule has 0 unspecified atom stereocenters. The lowest BCUT2D eigenvalue weighted by Gasteiger charge is -2.05. The molecule has 0 N–H and O–H groups in total. The molecule has 0 aromatic heterocycles. The van der Waals surface area contributed by atoms with Crippen LogP contribution in [-0.4, -0.2) is 18.5 Å². The molecule has 0 spiro atoms. The van der Waals surface area contributed by atoms with E-state index in [2.05, 4.69) is 0 Å². The maximum atomic E-state index is 11.5. The third-order valence-corrected chi connectivity index (χ3v) is 2.59. The number of carbonyl (C=O) groups excluding carboxylic acids is 2. The van der Waals surface area contributed by atoms with Crippen LogP contribution in [-0.2, 0) is 14.3 Å². The first kappa shape index (κ1) is 13.8. The number of esters is 2. The lowest BCUT2D eigenvalue weighted by molar-refractivity contribution is -0.150. The van der Waals surface area contributed by atoms with E-state index in [0.717, 1.165) is 10.8 Å². The van der Waals surface area contributed by atoms with E-state index in [1.807, 2.05) is 30.3 Å². The van der Waals surface area contributed by atoms with Gasteiger partial charge >= 0.3 is 11.9 Å². The van der Waals surface area contributed by atoms with Gasteiger partial charge in [0.15, 0.2) is 6.61 Å². The Labute approximate surface area is 116 Å². The first-order chi connectivity index (χ1) is 9.69. The Morgan fingerprint density at radius 3 is 2.60 bits per heavy atom. The third kappa shape index (κ3) is 3.68. The monoisotopic (exact) mass is 270 g/mol. The van der Waals surface area contributed by atoms with Gasteiger partial charge in [-0.25, -0.2) is 9.59 Å². The lowest BCUT2D eigenvalue weighted by Crippen LogP contribution is -2.17. The zero-order valence-corrected chi connectivity index (χ0v) is 11.0. The first-order valence-electron chi connectivity index (χ1n) is 6.18. The second kappa shape index (κ2) is 6.52. The molecule has 2 rings (SSSR count). The van der Waals surface area contributed by atoms with E-state index in [0.29, 0.717) is 5.75 Å². The molecule has 102 valence electrons. The number of benzene rings is 2. The van der Waals surface area contributed by atoms with Crippen molar-refractivity contribution in [3.8, 4) is 5.75 Å². The van der Waals surface area contributed by atoms with Crippen molar-refractivity contribution in [2.75, 3.05) is 6.61 Å². The van der Waals surface area contributed by atoms with Gasteiger partial charge in [-0.05, 0) is 29.8 Å². The summed E-state index contributed by atoms with van der Waals surface area (Å²) in [7, 11) is 0. The van der Waals surface area contributed by atoms with Crippen molar-refractivity contribution in [3.63, 3.8) is 0 Å². The van der Waals surface area contributed by atoms with Gasteiger partial charge in [-0.1, -0.05) is 36.4 Å². The minimum Gasteiger partial charge on any atom is -0.451 e. The molecule has 4 heteroatoms. The maximum absolute atomic E-state index is 11.5. The van der Waals surface area contributed by atoms with Crippen molar-refractivity contribution in [1.29, 1.82) is 0 Å². The van der Waals surface area contributed by atoms with Crippen LogP contribution in [0.4, 0.5) is 0 Å². The standard InChI is InChI=1S/C16H14O4/c1-2-5-15(17)19-11-16(18)20-14-9-8-12-6-3-4-7-13(12)10-14/h2-10H,11H2,1H3/b5-2+. The second-order valence-electron chi connectivity index (χ2n) is 4.09. The fraction of sp³-hybridized carbons (Fsp3) is 0.125. The summed E-state index contributed by atoms with van der Waals surface area (Å²) in [5, 5.41) is 2.04. The maximum Gasteiger partial charge on any atom is 0.349 e. The highest BCUT2D eigenvalue weighted by Crippen LogP contribution is 2.20. The van der Waals surface area contributed by atoms with Gasteiger partial charge in [0, 0.05) is 6.08 Å². The molecule has 0 aliphatic rings. The van der Waals surface area contributed by atoms with Crippen molar-refractivity contribution in [1.82, 2.24) is 0 Å². The Balaban J connectivity index is 1.97. The summed E-state index contributed by atoms with van der Waals surface area (Å²) in [6, 6.07) is 13.1. The zero-order chi connectivity index (χ0) is 14.4. The van der Waals surface area contributed by atoms with Crippen LogP contribution in [0.2, 0.25) is 0 Å². The Morgan fingerprint density at radius 1 is 1.10 bits per heavy atom. The Morgan fingerprint density at radius 2 is 1.85 bits per heavy atom. The van der Waals surface area contributed by atoms with E-state index >= 15 is 0 Å². The first-order valence-corrected chi connectivity index (χ1v) is 6.18. The topological polar surface area (TPSA) is 52.6 Å². The number of allylic oxidation sites excluding steroid dienone is 1. The molecule has 0 amide bonds. The zero-order valence-electron chi connectivity index (χ0n) is 11.0. The van der Waals surface area contributed by atoms with Gasteiger partial charge < -0.3 is 9.47 Å². The molecular weight excluding hydrogens is 256 g/mol. The molecule has 0 atom stereocenters. The number of fused-ring (bicyclic) bond motifs is 1. The Kier molecular flexibility index (Phi) is 4.50. The van der Waals surface area contributed by atoms with Crippen LogP contribution in [0.5, 0.6) is 5.75 Å². The van der Waals surface area contributed by atoms with Crippen LogP contribution in [0.3, 0.4) is 0 Å². The van der Waals surface area contributed by atoms with Crippen molar-refractivity contribution in [2.24, 2.45) is 0 Å². The van der Waals surface area contributed by atoms with Crippen LogP contribution in [0.25, 0.3) is 10.8 Å². The van der Waals surface area contributed by atoms with E-state index in [9.17, 15) is 9.59 Å². The largest absolute Gasteiger partial charge is 0.451 e. The van der Waals surface area contributed by atoms with Gasteiger partial charge in [-0.15, -0.1) is 0 Å². The average molecular weight is 270 g/mol. The summed E-state index contributed by atoms with van der Waals surface area (Å²) in [5.74, 6) is -0.753. The van der Waals surface area contributed by atoms with Gasteiger partial charge in [-0.3, -0.25) is 0 Å². The summed E-state index contributed by atoms with van der Waals surface area (Å²) >= 11 is 0. The molecule has 2 aromatic carbocycles. The highest BCUT2D eigenvalue weighted by molar-refractivity contribution is 5.86. The SMILES string of the molecule is C/C=C/C(=O)OCC(=O)Oc1ccc2ccccc2c1. The van der Waals surface area contributed by atoms with Gasteiger partial charge in [-0.2, -0.15) is 0 Å². The number of hydrogen-bond acceptors (Lipinski definition) is 4. The van der Waals surface area contributed by atoms with Crippen LogP contribution in [0, 0.1) is 0 Å². The molecule has 4 nitrogen and oxygen atoms in total. The van der Waals surface area contributed by atoms with Crippen LogP contribution < -0.4 is 4.74 Å². The summed E-state index contributed by atoms with van der Waals surface area (Å²) in [6.07, 6.45) is 2.78. The quantitative estimate of drug-likeness (QED) is 0.487. The van der Waals surface area contributed by atoms with Crippen molar-refractivity contribution < 1.29 is 19.1 Å². The summed E-state index contributed by atoms with van der Waals surface area (Å²) in [4.78, 5) is 22.6. The van der Waals surface area contributed by atoms with Crippen LogP contribution in [0.1, 0.15) is 6.92 Å². The van der Waals surface area contributed by atoms with Gasteiger partial charge in [0.1, 0.15) is 5.75 Å². The minimum atomic E-state index is -0.613. The van der Waals surface area contributed by atoms with Crippen molar-refractivity contribution in [3.05, 3.63) is 54.6 Å². The number of carbonyl (C=O) groups is 2. The van der Waals surface area contributed by atoms with Gasteiger partial charge in [0.05, 0.1) is 0 Å². The highest BCUT2D eigenvalue weighted by atomic mass is 16.6. The van der Waals surface area contributed by atoms with E-state index in [-0.39, 0.29) is 0 Å². The lowest BCUT2D eigenvalue weighted by atomic mass is 10.1. The van der Waals surface area contributed by atoms with Crippen LogP contribution >= 0.6 is 0 Å². The Bertz CT molecular complexity index is 658. The molecule has 0 aliphatic carbocycles. The van der Waals surface area contributed by atoms with Crippen LogP contribution in [0.15, 0.2) is 54.6 Å². The predicted molar refractivity (Wildman–Crippen MR) is 75.4 cm³/mol. The van der Waals surface area contributed by atoms with Crippen molar-refractivity contribution in [2.45, 2.75) is 6.92 Å². The number of hydrogen-bond donors (Lipinski definition) is 0. The fourth-order valence-electron chi connectivity index (χ4n) is 1.71. The molecule has 0 saturated heterocycles. The van der Waals surface area contributed by atoms with E-state index in [1.54, 1.807) is 19.1 Å². The molecule has 0 bridgehead atoms. The Hall–Kier alpha value is -2.62. The van der Waals surface area contributed by atoms with E-state index in [4.69, 9.17) is 9.47 Å². The molecule has 0 radical (unpaired) electrons. The summed E-state index contributed by atoms with van der Waals surface area (Å²) < 4.78 is 9.81. The summed E-state index contributed by atoms with van der Waals surface area (Å²) in [5.41, 5.74) is 0. The molecule has 0 saturated carbocycles. The summed E-state index contributed by atoms with van der Waals surface area (Å²) in [6.45, 7) is 1.28. The van der Waals surface area contributed by atoms with E-state index < -0.39 is 18.5 Å². The number of ether oxygens (including phenoxy) is 2. The van der Waals surface area contributed by atoms with E-state index in [1.165, 1.54) is 12.2 Å². The molecule has 0 aliphatic heterocycles.